The number of benzene rings is 1. The van der Waals surface area contributed by atoms with Crippen LogP contribution in [0.1, 0.15) is 38.4 Å². The number of rotatable bonds is 3. The second kappa shape index (κ2) is 7.17. The van der Waals surface area contributed by atoms with E-state index in [1.807, 2.05) is 22.9 Å². The first-order valence-corrected chi connectivity index (χ1v) is 11.4. The van der Waals surface area contributed by atoms with E-state index < -0.39 is 0 Å². The summed E-state index contributed by atoms with van der Waals surface area (Å²) in [5, 5.41) is 8.89. The number of piperazine rings is 1. The maximum absolute atomic E-state index is 12.9. The summed E-state index contributed by atoms with van der Waals surface area (Å²) in [7, 11) is 0. The van der Waals surface area contributed by atoms with Gasteiger partial charge in [0.25, 0.3) is 5.56 Å². The summed E-state index contributed by atoms with van der Waals surface area (Å²) in [5.41, 5.74) is 3.55. The van der Waals surface area contributed by atoms with Gasteiger partial charge in [0.2, 0.25) is 0 Å². The van der Waals surface area contributed by atoms with Crippen molar-refractivity contribution in [3.05, 3.63) is 40.3 Å². The first kappa shape index (κ1) is 19.0. The Morgan fingerprint density at radius 2 is 1.87 bits per heavy atom. The summed E-state index contributed by atoms with van der Waals surface area (Å²) in [5.74, 6) is 0.532. The van der Waals surface area contributed by atoms with Crippen molar-refractivity contribution in [3.63, 3.8) is 0 Å². The standard InChI is InChI=1S/C23H29N7O/c1-14-13-30-21(15(2)24-14)12-20(27-30)22-25-19-6-5-17(11-18(19)23(31)26-22)29-9-7-28(8-10-29)16-3-4-16/h5-6,11-12,14-16,24H,3-4,7-10,13H2,1-2H3,(H,25,26,31). The average Bonchev–Trinajstić information content (AvgIpc) is 3.52. The number of nitrogens with one attached hydrogen (secondary N) is 2. The predicted octanol–water partition coefficient (Wildman–Crippen LogP) is 2.12. The van der Waals surface area contributed by atoms with E-state index in [1.165, 1.54) is 12.8 Å². The van der Waals surface area contributed by atoms with Crippen LogP contribution in [0, 0.1) is 0 Å². The molecular formula is C23H29N7O. The van der Waals surface area contributed by atoms with Gasteiger partial charge in [-0.25, -0.2) is 4.98 Å². The van der Waals surface area contributed by atoms with Crippen LogP contribution in [-0.4, -0.2) is 62.9 Å². The van der Waals surface area contributed by atoms with E-state index in [1.54, 1.807) is 0 Å². The molecular weight excluding hydrogens is 390 g/mol. The molecule has 0 bridgehead atoms. The van der Waals surface area contributed by atoms with Crippen molar-refractivity contribution in [2.45, 2.75) is 51.4 Å². The highest BCUT2D eigenvalue weighted by molar-refractivity contribution is 5.83. The number of anilines is 1. The number of hydrogen-bond acceptors (Lipinski definition) is 6. The maximum Gasteiger partial charge on any atom is 0.259 e. The fourth-order valence-corrected chi connectivity index (χ4v) is 5.10. The highest BCUT2D eigenvalue weighted by Crippen LogP contribution is 2.29. The molecule has 8 heteroatoms. The molecule has 0 amide bonds. The van der Waals surface area contributed by atoms with E-state index >= 15 is 0 Å². The molecule has 3 aromatic rings. The fourth-order valence-electron chi connectivity index (χ4n) is 5.10. The van der Waals surface area contributed by atoms with Crippen molar-refractivity contribution in [1.29, 1.82) is 0 Å². The first-order valence-electron chi connectivity index (χ1n) is 11.4. The molecule has 1 aromatic carbocycles. The van der Waals surface area contributed by atoms with Gasteiger partial charge in [0.15, 0.2) is 5.82 Å². The lowest BCUT2D eigenvalue weighted by Crippen LogP contribution is -2.47. The topological polar surface area (TPSA) is 82.1 Å². The van der Waals surface area contributed by atoms with E-state index in [4.69, 9.17) is 10.1 Å². The molecule has 3 aliphatic rings. The van der Waals surface area contributed by atoms with E-state index in [-0.39, 0.29) is 11.6 Å². The van der Waals surface area contributed by atoms with Crippen molar-refractivity contribution >= 4 is 16.6 Å². The smallest absolute Gasteiger partial charge is 0.259 e. The summed E-state index contributed by atoms with van der Waals surface area (Å²) in [6, 6.07) is 9.49. The molecule has 162 valence electrons. The molecule has 2 aliphatic heterocycles. The van der Waals surface area contributed by atoms with Gasteiger partial charge in [-0.1, -0.05) is 0 Å². The third-order valence-electron chi connectivity index (χ3n) is 6.91. The highest BCUT2D eigenvalue weighted by atomic mass is 16.1. The Hall–Kier alpha value is -2.71. The third-order valence-corrected chi connectivity index (χ3v) is 6.91. The summed E-state index contributed by atoms with van der Waals surface area (Å²) in [4.78, 5) is 25.6. The van der Waals surface area contributed by atoms with Crippen molar-refractivity contribution in [2.24, 2.45) is 0 Å². The fraction of sp³-hybridized carbons (Fsp3) is 0.522. The summed E-state index contributed by atoms with van der Waals surface area (Å²) in [6.07, 6.45) is 2.71. The lowest BCUT2D eigenvalue weighted by Gasteiger charge is -2.36. The lowest BCUT2D eigenvalue weighted by atomic mass is 10.1. The minimum atomic E-state index is -0.107. The van der Waals surface area contributed by atoms with E-state index in [2.05, 4.69) is 40.0 Å². The first-order chi connectivity index (χ1) is 15.0. The Morgan fingerprint density at radius 3 is 2.65 bits per heavy atom. The van der Waals surface area contributed by atoms with Crippen LogP contribution in [0.2, 0.25) is 0 Å². The monoisotopic (exact) mass is 419 g/mol. The molecule has 1 aliphatic carbocycles. The second-order valence-corrected chi connectivity index (χ2v) is 9.30. The quantitative estimate of drug-likeness (QED) is 0.677. The molecule has 8 nitrogen and oxygen atoms in total. The minimum Gasteiger partial charge on any atom is -0.369 e. The normalized spacial score (nSPS) is 24.5. The zero-order valence-electron chi connectivity index (χ0n) is 18.1. The molecule has 1 saturated carbocycles. The molecule has 2 fully saturated rings. The molecule has 31 heavy (non-hydrogen) atoms. The zero-order chi connectivity index (χ0) is 21.1. The number of aromatic nitrogens is 4. The van der Waals surface area contributed by atoms with Gasteiger partial charge in [0.1, 0.15) is 5.69 Å². The van der Waals surface area contributed by atoms with Gasteiger partial charge in [-0.3, -0.25) is 14.4 Å². The van der Waals surface area contributed by atoms with Crippen molar-refractivity contribution in [2.75, 3.05) is 31.1 Å². The third kappa shape index (κ3) is 3.43. The Bertz CT molecular complexity index is 1190. The number of nitrogens with zero attached hydrogens (tertiary/aromatic N) is 5. The number of H-pyrrole nitrogens is 1. The molecule has 2 atom stereocenters. The van der Waals surface area contributed by atoms with Gasteiger partial charge >= 0.3 is 0 Å². The van der Waals surface area contributed by atoms with E-state index in [0.717, 1.165) is 55.8 Å². The molecule has 2 N–H and O–H groups in total. The summed E-state index contributed by atoms with van der Waals surface area (Å²) in [6.45, 7) is 9.33. The minimum absolute atomic E-state index is 0.107. The van der Waals surface area contributed by atoms with Crippen molar-refractivity contribution < 1.29 is 0 Å². The van der Waals surface area contributed by atoms with Crippen molar-refractivity contribution in [3.8, 4) is 11.5 Å². The molecule has 6 rings (SSSR count). The second-order valence-electron chi connectivity index (χ2n) is 9.30. The van der Waals surface area contributed by atoms with Gasteiger partial charge < -0.3 is 15.2 Å². The summed E-state index contributed by atoms with van der Waals surface area (Å²) >= 11 is 0. The molecule has 1 saturated heterocycles. The Balaban J connectivity index is 1.29. The Morgan fingerprint density at radius 1 is 1.06 bits per heavy atom. The molecule has 0 radical (unpaired) electrons. The average molecular weight is 420 g/mol. The van der Waals surface area contributed by atoms with Gasteiger partial charge in [0.05, 0.1) is 23.1 Å². The molecule has 2 unspecified atom stereocenters. The van der Waals surface area contributed by atoms with E-state index in [0.29, 0.717) is 22.8 Å². The SMILES string of the molecule is CC1Cn2nc(-c3nc4ccc(N5CCN(C6CC6)CC5)cc4c(=O)[nH]3)cc2C(C)N1. The predicted molar refractivity (Wildman–Crippen MR) is 121 cm³/mol. The van der Waals surface area contributed by atoms with Crippen LogP contribution in [0.3, 0.4) is 0 Å². The van der Waals surface area contributed by atoms with Crippen LogP contribution >= 0.6 is 0 Å². The molecule has 0 spiro atoms. The largest absolute Gasteiger partial charge is 0.369 e. The van der Waals surface area contributed by atoms with Crippen LogP contribution < -0.4 is 15.8 Å². The number of aromatic amines is 1. The maximum atomic E-state index is 12.9. The van der Waals surface area contributed by atoms with Crippen LogP contribution in [0.5, 0.6) is 0 Å². The van der Waals surface area contributed by atoms with Gasteiger partial charge in [0, 0.05) is 50.0 Å². The van der Waals surface area contributed by atoms with Crippen LogP contribution in [0.15, 0.2) is 29.1 Å². The van der Waals surface area contributed by atoms with Gasteiger partial charge in [-0.15, -0.1) is 0 Å². The molecule has 2 aromatic heterocycles. The van der Waals surface area contributed by atoms with Crippen LogP contribution in [0.25, 0.3) is 22.4 Å². The van der Waals surface area contributed by atoms with Crippen LogP contribution in [0.4, 0.5) is 5.69 Å². The highest BCUT2D eigenvalue weighted by Gasteiger charge is 2.31. The lowest BCUT2D eigenvalue weighted by molar-refractivity contribution is 0.248. The Labute approximate surface area is 181 Å². The number of hydrogen-bond donors (Lipinski definition) is 2. The number of fused-ring (bicyclic) bond motifs is 2. The Kier molecular flexibility index (Phi) is 4.40. The van der Waals surface area contributed by atoms with E-state index in [9.17, 15) is 4.79 Å². The van der Waals surface area contributed by atoms with Gasteiger partial charge in [-0.2, -0.15) is 5.10 Å². The summed E-state index contributed by atoms with van der Waals surface area (Å²) < 4.78 is 2.02. The van der Waals surface area contributed by atoms with Gasteiger partial charge in [-0.05, 0) is 51.0 Å². The van der Waals surface area contributed by atoms with Crippen LogP contribution in [-0.2, 0) is 6.54 Å². The van der Waals surface area contributed by atoms with Crippen molar-refractivity contribution in [1.82, 2.24) is 30.0 Å². The molecule has 4 heterocycles. The zero-order valence-corrected chi connectivity index (χ0v) is 18.1.